The van der Waals surface area contributed by atoms with E-state index in [0.717, 1.165) is 13.0 Å². The standard InChI is InChI=1S/C20H23ClN4O2/c1-27-18-8-7-15(21)11-16(18)25-20(26)17-12-24-19(13-23-17)22-10-9-14-5-3-2-4-6-14/h5,7-8,11-13H,2-4,6,9-10H2,1H3,(H,22,24)(H,25,26). The lowest BCUT2D eigenvalue weighted by Crippen LogP contribution is -2.15. The Bertz CT molecular complexity index is 821. The van der Waals surface area contributed by atoms with Crippen molar-refractivity contribution in [2.45, 2.75) is 32.1 Å². The fourth-order valence-electron chi connectivity index (χ4n) is 2.98. The minimum atomic E-state index is -0.373. The molecule has 2 aromatic rings. The fraction of sp³-hybridized carbons (Fsp3) is 0.350. The number of nitrogens with one attached hydrogen (secondary N) is 2. The summed E-state index contributed by atoms with van der Waals surface area (Å²) in [5, 5.41) is 6.50. The molecule has 142 valence electrons. The van der Waals surface area contributed by atoms with Gasteiger partial charge >= 0.3 is 0 Å². The van der Waals surface area contributed by atoms with E-state index in [1.54, 1.807) is 24.4 Å². The van der Waals surface area contributed by atoms with Crippen molar-refractivity contribution in [1.82, 2.24) is 9.97 Å². The molecular formula is C20H23ClN4O2. The van der Waals surface area contributed by atoms with E-state index in [2.05, 4.69) is 26.7 Å². The number of anilines is 2. The summed E-state index contributed by atoms with van der Waals surface area (Å²) in [4.78, 5) is 20.9. The lowest BCUT2D eigenvalue weighted by molar-refractivity contribution is 0.102. The summed E-state index contributed by atoms with van der Waals surface area (Å²) in [5.74, 6) is 0.807. The summed E-state index contributed by atoms with van der Waals surface area (Å²) in [6, 6.07) is 5.01. The Morgan fingerprint density at radius 1 is 1.26 bits per heavy atom. The molecule has 0 aliphatic heterocycles. The van der Waals surface area contributed by atoms with Crippen LogP contribution in [0.2, 0.25) is 5.02 Å². The van der Waals surface area contributed by atoms with Gasteiger partial charge in [-0.25, -0.2) is 9.97 Å². The summed E-state index contributed by atoms with van der Waals surface area (Å²) < 4.78 is 5.23. The zero-order valence-corrected chi connectivity index (χ0v) is 16.1. The summed E-state index contributed by atoms with van der Waals surface area (Å²) in [6.45, 7) is 0.811. The van der Waals surface area contributed by atoms with Crippen LogP contribution in [0.4, 0.5) is 11.5 Å². The lowest BCUT2D eigenvalue weighted by Gasteiger charge is -2.13. The van der Waals surface area contributed by atoms with E-state index in [9.17, 15) is 4.79 Å². The van der Waals surface area contributed by atoms with Crippen molar-refractivity contribution in [1.29, 1.82) is 0 Å². The summed E-state index contributed by atoms with van der Waals surface area (Å²) in [5.41, 5.74) is 2.21. The van der Waals surface area contributed by atoms with Gasteiger partial charge in [-0.2, -0.15) is 0 Å². The molecule has 6 nitrogen and oxygen atoms in total. The van der Waals surface area contributed by atoms with Crippen LogP contribution in [0.15, 0.2) is 42.2 Å². The molecule has 0 fully saturated rings. The normalized spacial score (nSPS) is 13.6. The van der Waals surface area contributed by atoms with Crippen LogP contribution in [0, 0.1) is 0 Å². The number of carbonyl (C=O) groups is 1. The first-order valence-electron chi connectivity index (χ1n) is 9.04. The fourth-order valence-corrected chi connectivity index (χ4v) is 3.16. The molecule has 1 aliphatic carbocycles. The van der Waals surface area contributed by atoms with E-state index in [1.807, 2.05) is 0 Å². The van der Waals surface area contributed by atoms with Crippen LogP contribution in [0.1, 0.15) is 42.6 Å². The van der Waals surface area contributed by atoms with Gasteiger partial charge in [-0.3, -0.25) is 4.79 Å². The Hall–Kier alpha value is -2.60. The van der Waals surface area contributed by atoms with Crippen molar-refractivity contribution in [3.63, 3.8) is 0 Å². The highest BCUT2D eigenvalue weighted by Gasteiger charge is 2.12. The molecule has 0 saturated heterocycles. The molecule has 2 N–H and O–H groups in total. The van der Waals surface area contributed by atoms with Gasteiger partial charge in [-0.1, -0.05) is 23.3 Å². The molecule has 0 saturated carbocycles. The molecule has 0 unspecified atom stereocenters. The molecule has 7 heteroatoms. The second kappa shape index (κ2) is 9.37. The monoisotopic (exact) mass is 386 g/mol. The second-order valence-electron chi connectivity index (χ2n) is 6.37. The number of amides is 1. The average Bonchev–Trinajstić information content (AvgIpc) is 2.69. The molecule has 27 heavy (non-hydrogen) atoms. The molecule has 1 amide bonds. The first-order chi connectivity index (χ1) is 13.2. The molecule has 0 spiro atoms. The SMILES string of the molecule is COc1ccc(Cl)cc1NC(=O)c1cnc(NCCC2=CCCCC2)cn1. The van der Waals surface area contributed by atoms with Gasteiger partial charge in [0.15, 0.2) is 0 Å². The van der Waals surface area contributed by atoms with Crippen LogP contribution in [0.3, 0.4) is 0 Å². The third kappa shape index (κ3) is 5.44. The maximum Gasteiger partial charge on any atom is 0.275 e. The Kier molecular flexibility index (Phi) is 6.65. The smallest absolute Gasteiger partial charge is 0.275 e. The van der Waals surface area contributed by atoms with Gasteiger partial charge in [0.05, 0.1) is 25.2 Å². The van der Waals surface area contributed by atoms with Crippen LogP contribution in [-0.2, 0) is 0 Å². The molecule has 1 aliphatic rings. The predicted molar refractivity (Wildman–Crippen MR) is 108 cm³/mol. The minimum Gasteiger partial charge on any atom is -0.495 e. The highest BCUT2D eigenvalue weighted by molar-refractivity contribution is 6.31. The van der Waals surface area contributed by atoms with Gasteiger partial charge < -0.3 is 15.4 Å². The van der Waals surface area contributed by atoms with E-state index < -0.39 is 0 Å². The minimum absolute atomic E-state index is 0.220. The molecule has 1 aromatic carbocycles. The summed E-state index contributed by atoms with van der Waals surface area (Å²) in [7, 11) is 1.53. The second-order valence-corrected chi connectivity index (χ2v) is 6.81. The predicted octanol–water partition coefficient (Wildman–Crippen LogP) is 4.69. The van der Waals surface area contributed by atoms with Crippen LogP contribution in [-0.4, -0.2) is 29.5 Å². The molecular weight excluding hydrogens is 364 g/mol. The number of hydrogen-bond acceptors (Lipinski definition) is 5. The van der Waals surface area contributed by atoms with Crippen LogP contribution < -0.4 is 15.4 Å². The molecule has 1 aromatic heterocycles. The van der Waals surface area contributed by atoms with E-state index in [1.165, 1.54) is 44.6 Å². The molecule has 1 heterocycles. The highest BCUT2D eigenvalue weighted by Crippen LogP contribution is 2.28. The summed E-state index contributed by atoms with van der Waals surface area (Å²) >= 11 is 5.98. The van der Waals surface area contributed by atoms with Crippen molar-refractivity contribution in [2.24, 2.45) is 0 Å². The number of allylic oxidation sites excluding steroid dienone is 1. The Morgan fingerprint density at radius 2 is 2.15 bits per heavy atom. The molecule has 3 rings (SSSR count). The Labute approximate surface area is 164 Å². The first-order valence-corrected chi connectivity index (χ1v) is 9.42. The Balaban J connectivity index is 1.55. The van der Waals surface area contributed by atoms with Crippen LogP contribution in [0.5, 0.6) is 5.75 Å². The first kappa shape index (κ1) is 19.2. The summed E-state index contributed by atoms with van der Waals surface area (Å²) in [6.07, 6.45) is 11.3. The van der Waals surface area contributed by atoms with Crippen molar-refractivity contribution >= 4 is 29.0 Å². The largest absolute Gasteiger partial charge is 0.495 e. The number of benzene rings is 1. The molecule has 0 atom stereocenters. The number of carbonyl (C=O) groups excluding carboxylic acids is 1. The number of halogens is 1. The van der Waals surface area contributed by atoms with Gasteiger partial charge in [0.25, 0.3) is 5.91 Å². The third-order valence-electron chi connectivity index (χ3n) is 4.43. The zero-order valence-electron chi connectivity index (χ0n) is 15.3. The number of hydrogen-bond donors (Lipinski definition) is 2. The average molecular weight is 387 g/mol. The van der Waals surface area contributed by atoms with Crippen LogP contribution in [0.25, 0.3) is 0 Å². The number of ether oxygens (including phenoxy) is 1. The van der Waals surface area contributed by atoms with Gasteiger partial charge in [0.1, 0.15) is 17.3 Å². The highest BCUT2D eigenvalue weighted by atomic mass is 35.5. The van der Waals surface area contributed by atoms with Gasteiger partial charge in [-0.05, 0) is 50.3 Å². The number of nitrogens with zero attached hydrogens (tertiary/aromatic N) is 2. The maximum atomic E-state index is 12.4. The number of aromatic nitrogens is 2. The molecule has 0 radical (unpaired) electrons. The van der Waals surface area contributed by atoms with E-state index >= 15 is 0 Å². The maximum absolute atomic E-state index is 12.4. The topological polar surface area (TPSA) is 76.1 Å². The molecule has 0 bridgehead atoms. The van der Waals surface area contributed by atoms with Gasteiger partial charge in [-0.15, -0.1) is 0 Å². The van der Waals surface area contributed by atoms with E-state index in [-0.39, 0.29) is 11.6 Å². The van der Waals surface area contributed by atoms with Gasteiger partial charge in [0, 0.05) is 11.6 Å². The van der Waals surface area contributed by atoms with Gasteiger partial charge in [0.2, 0.25) is 0 Å². The number of methoxy groups -OCH3 is 1. The third-order valence-corrected chi connectivity index (χ3v) is 4.67. The lowest BCUT2D eigenvalue weighted by atomic mass is 9.97. The van der Waals surface area contributed by atoms with Crippen molar-refractivity contribution in [3.8, 4) is 5.75 Å². The van der Waals surface area contributed by atoms with Crippen molar-refractivity contribution < 1.29 is 9.53 Å². The van der Waals surface area contributed by atoms with Crippen LogP contribution >= 0.6 is 11.6 Å². The van der Waals surface area contributed by atoms with Crippen molar-refractivity contribution in [2.75, 3.05) is 24.3 Å². The van der Waals surface area contributed by atoms with E-state index in [4.69, 9.17) is 16.3 Å². The Morgan fingerprint density at radius 3 is 2.85 bits per heavy atom. The van der Waals surface area contributed by atoms with E-state index in [0.29, 0.717) is 22.3 Å². The zero-order chi connectivity index (χ0) is 19.1. The quantitative estimate of drug-likeness (QED) is 0.675. The van der Waals surface area contributed by atoms with Crippen molar-refractivity contribution in [3.05, 3.63) is 53.0 Å². The number of rotatable bonds is 7.